The van der Waals surface area contributed by atoms with Gasteiger partial charge in [-0.25, -0.2) is 4.98 Å². The summed E-state index contributed by atoms with van der Waals surface area (Å²) in [4.78, 5) is 19.6. The van der Waals surface area contributed by atoms with Crippen molar-refractivity contribution in [1.82, 2.24) is 20.2 Å². The van der Waals surface area contributed by atoms with Crippen molar-refractivity contribution < 1.29 is 14.3 Å². The number of aryl methyl sites for hydroxylation is 1. The summed E-state index contributed by atoms with van der Waals surface area (Å²) in [5, 5.41) is 6.35. The Morgan fingerprint density at radius 2 is 2.03 bits per heavy atom. The molecule has 29 heavy (non-hydrogen) atoms. The number of imidazole rings is 1. The number of halogens is 2. The molecule has 0 bridgehead atoms. The van der Waals surface area contributed by atoms with Crippen molar-refractivity contribution in [3.8, 4) is 0 Å². The minimum absolute atomic E-state index is 0. The number of nitrogens with zero attached hydrogens (tertiary/aromatic N) is 3. The number of anilines is 1. The molecule has 4 rings (SSSR count). The highest BCUT2D eigenvalue weighted by Crippen LogP contribution is 2.23. The Morgan fingerprint density at radius 3 is 2.83 bits per heavy atom. The molecule has 0 aliphatic carbocycles. The molecule has 0 spiro atoms. The molecule has 2 fully saturated rings. The molecule has 1 aromatic carbocycles. The summed E-state index contributed by atoms with van der Waals surface area (Å²) in [5.74, 6) is 1.15. The molecule has 2 N–H and O–H groups in total. The molecule has 2 aliphatic rings. The van der Waals surface area contributed by atoms with E-state index in [-0.39, 0.29) is 30.7 Å². The molecule has 1 aromatic heterocycles. The number of nitrogens with one attached hydrogen (secondary N) is 2. The lowest BCUT2D eigenvalue weighted by molar-refractivity contribution is 0.0921. The zero-order valence-electron chi connectivity index (χ0n) is 16.6. The predicted octanol–water partition coefficient (Wildman–Crippen LogP) is 1.22. The molecule has 1 atom stereocenters. The minimum atomic E-state index is -0.0697. The predicted molar refractivity (Wildman–Crippen MR) is 118 cm³/mol. The van der Waals surface area contributed by atoms with Crippen LogP contribution in [0, 0.1) is 5.92 Å². The number of hydrogen-bond acceptors (Lipinski definition) is 6. The van der Waals surface area contributed by atoms with Crippen LogP contribution in [0.5, 0.6) is 0 Å². The number of carbonyl (C=O) groups excluding carboxylic acids is 1. The van der Waals surface area contributed by atoms with Crippen molar-refractivity contribution in [2.24, 2.45) is 13.0 Å². The number of fused-ring (bicyclic) bond motifs is 1. The Hall–Kier alpha value is -1.58. The number of amides is 1. The van der Waals surface area contributed by atoms with Crippen molar-refractivity contribution >= 4 is 47.7 Å². The Kier molecular flexibility index (Phi) is 8.98. The Morgan fingerprint density at radius 1 is 1.24 bits per heavy atom. The van der Waals surface area contributed by atoms with Gasteiger partial charge < -0.3 is 29.6 Å². The number of carbonyl (C=O) groups is 1. The first-order valence-corrected chi connectivity index (χ1v) is 9.58. The number of ether oxygens (including phenoxy) is 2. The zero-order chi connectivity index (χ0) is 18.6. The van der Waals surface area contributed by atoms with Crippen LogP contribution in [0.15, 0.2) is 18.2 Å². The second kappa shape index (κ2) is 11.0. The summed E-state index contributed by atoms with van der Waals surface area (Å²) in [7, 11) is 2.01. The van der Waals surface area contributed by atoms with Gasteiger partial charge in [-0.15, -0.1) is 24.8 Å². The van der Waals surface area contributed by atoms with Crippen molar-refractivity contribution in [2.75, 3.05) is 64.1 Å². The van der Waals surface area contributed by atoms with Crippen LogP contribution in [0.2, 0.25) is 0 Å². The third kappa shape index (κ3) is 5.52. The fourth-order valence-electron chi connectivity index (χ4n) is 3.60. The summed E-state index contributed by atoms with van der Waals surface area (Å²) >= 11 is 0. The average molecular weight is 446 g/mol. The van der Waals surface area contributed by atoms with Crippen LogP contribution in [-0.2, 0) is 16.5 Å². The van der Waals surface area contributed by atoms with E-state index < -0.39 is 0 Å². The van der Waals surface area contributed by atoms with Gasteiger partial charge in [-0.1, -0.05) is 0 Å². The van der Waals surface area contributed by atoms with Crippen molar-refractivity contribution in [3.05, 3.63) is 23.8 Å². The van der Waals surface area contributed by atoms with Gasteiger partial charge in [0.2, 0.25) is 5.95 Å². The van der Waals surface area contributed by atoms with Gasteiger partial charge >= 0.3 is 0 Å². The van der Waals surface area contributed by atoms with Crippen LogP contribution in [0.4, 0.5) is 5.95 Å². The van der Waals surface area contributed by atoms with Gasteiger partial charge in [0.25, 0.3) is 5.91 Å². The smallest absolute Gasteiger partial charge is 0.251 e. The Bertz CT molecular complexity index is 802. The Labute approximate surface area is 183 Å². The first kappa shape index (κ1) is 23.7. The number of benzene rings is 1. The maximum absolute atomic E-state index is 12.6. The van der Waals surface area contributed by atoms with E-state index in [4.69, 9.17) is 14.5 Å². The highest BCUT2D eigenvalue weighted by molar-refractivity contribution is 5.97. The monoisotopic (exact) mass is 445 g/mol. The molecule has 0 radical (unpaired) electrons. The lowest BCUT2D eigenvalue weighted by Crippen LogP contribution is -2.37. The van der Waals surface area contributed by atoms with E-state index in [1.54, 1.807) is 0 Å². The highest BCUT2D eigenvalue weighted by Gasteiger charge is 2.19. The molecule has 2 saturated heterocycles. The molecule has 0 saturated carbocycles. The van der Waals surface area contributed by atoms with Crippen LogP contribution in [0.1, 0.15) is 10.4 Å². The van der Waals surface area contributed by atoms with Gasteiger partial charge in [-0.2, -0.15) is 0 Å². The second-order valence-electron chi connectivity index (χ2n) is 7.13. The van der Waals surface area contributed by atoms with Crippen LogP contribution in [-0.4, -0.2) is 74.6 Å². The van der Waals surface area contributed by atoms with Crippen molar-refractivity contribution in [1.29, 1.82) is 0 Å². The van der Waals surface area contributed by atoms with E-state index in [2.05, 4.69) is 20.1 Å². The first-order valence-electron chi connectivity index (χ1n) is 9.58. The summed E-state index contributed by atoms with van der Waals surface area (Å²) in [6.07, 6.45) is 0. The molecule has 162 valence electrons. The fraction of sp³-hybridized carbons (Fsp3) is 0.579. The molecule has 1 amide bonds. The molecular weight excluding hydrogens is 417 g/mol. The summed E-state index contributed by atoms with van der Waals surface area (Å²) < 4.78 is 13.0. The normalized spacial score (nSPS) is 19.8. The summed E-state index contributed by atoms with van der Waals surface area (Å²) in [6, 6.07) is 5.71. The number of rotatable bonds is 4. The topological polar surface area (TPSA) is 80.7 Å². The maximum atomic E-state index is 12.6. The van der Waals surface area contributed by atoms with Crippen LogP contribution >= 0.6 is 24.8 Å². The molecule has 2 aromatic rings. The van der Waals surface area contributed by atoms with Crippen molar-refractivity contribution in [2.45, 2.75) is 0 Å². The number of morpholine rings is 1. The van der Waals surface area contributed by atoms with E-state index in [1.807, 2.05) is 25.2 Å². The van der Waals surface area contributed by atoms with Gasteiger partial charge in [-0.05, 0) is 18.2 Å². The van der Waals surface area contributed by atoms with E-state index >= 15 is 0 Å². The molecule has 2 aliphatic heterocycles. The maximum Gasteiger partial charge on any atom is 0.251 e. The van der Waals surface area contributed by atoms with E-state index in [1.165, 1.54) is 0 Å². The fourth-order valence-corrected chi connectivity index (χ4v) is 3.60. The molecular formula is C19H29Cl2N5O3. The van der Waals surface area contributed by atoms with Crippen LogP contribution in [0.25, 0.3) is 11.0 Å². The third-order valence-corrected chi connectivity index (χ3v) is 5.17. The van der Waals surface area contributed by atoms with Gasteiger partial charge in [0.1, 0.15) is 0 Å². The highest BCUT2D eigenvalue weighted by atomic mass is 35.5. The number of aromatic nitrogens is 2. The van der Waals surface area contributed by atoms with Gasteiger partial charge in [0, 0.05) is 51.3 Å². The largest absolute Gasteiger partial charge is 0.380 e. The second-order valence-corrected chi connectivity index (χ2v) is 7.13. The lowest BCUT2D eigenvalue weighted by Gasteiger charge is -2.27. The molecule has 8 nitrogen and oxygen atoms in total. The average Bonchev–Trinajstić information content (AvgIpc) is 2.87. The van der Waals surface area contributed by atoms with Crippen LogP contribution in [0.3, 0.4) is 0 Å². The quantitative estimate of drug-likeness (QED) is 0.736. The lowest BCUT2D eigenvalue weighted by atomic mass is 10.1. The number of hydrogen-bond donors (Lipinski definition) is 2. The van der Waals surface area contributed by atoms with Gasteiger partial charge in [0.05, 0.1) is 37.5 Å². The van der Waals surface area contributed by atoms with Crippen molar-refractivity contribution in [3.63, 3.8) is 0 Å². The van der Waals surface area contributed by atoms with E-state index in [0.717, 1.165) is 63.0 Å². The SMILES string of the molecule is Cl.Cl.Cn1c(N2CCOCC2)nc2cc(C(=O)NCC3CNCCOC3)ccc21. The van der Waals surface area contributed by atoms with Gasteiger partial charge in [0.15, 0.2) is 0 Å². The Balaban J connectivity index is 0.00000150. The summed E-state index contributed by atoms with van der Waals surface area (Å²) in [5.41, 5.74) is 2.50. The third-order valence-electron chi connectivity index (χ3n) is 5.17. The van der Waals surface area contributed by atoms with E-state index in [9.17, 15) is 4.79 Å². The molecule has 1 unspecified atom stereocenters. The standard InChI is InChI=1S/C19H27N5O3.2ClH/c1-23-17-3-2-15(18(25)21-12-14-11-20-4-7-27-13-14)10-16(17)22-19(23)24-5-8-26-9-6-24;;/h2-3,10,14,20H,4-9,11-13H2,1H3,(H,21,25);2*1H. The molecule has 10 heteroatoms. The summed E-state index contributed by atoms with van der Waals surface area (Å²) in [6.45, 7) is 6.85. The minimum Gasteiger partial charge on any atom is -0.380 e. The van der Waals surface area contributed by atoms with E-state index in [0.29, 0.717) is 24.6 Å². The van der Waals surface area contributed by atoms with Gasteiger partial charge in [-0.3, -0.25) is 4.79 Å². The van der Waals surface area contributed by atoms with Crippen LogP contribution < -0.4 is 15.5 Å². The zero-order valence-corrected chi connectivity index (χ0v) is 18.2. The first-order chi connectivity index (χ1) is 13.2. The molecule has 3 heterocycles.